The van der Waals surface area contributed by atoms with Gasteiger partial charge in [0.25, 0.3) is 0 Å². The zero-order valence-electron chi connectivity index (χ0n) is 17.5. The first kappa shape index (κ1) is 24.0. The highest BCUT2D eigenvalue weighted by atomic mass is 16.5. The largest absolute Gasteiger partial charge is 0.466 e. The normalized spacial score (nSPS) is 12.7. The summed E-state index contributed by atoms with van der Waals surface area (Å²) in [7, 11) is 0. The zero-order chi connectivity index (χ0) is 22.6. The molecule has 0 radical (unpaired) electrons. The monoisotopic (exact) mass is 433 g/mol. The Kier molecular flexibility index (Phi) is 9.63. The minimum absolute atomic E-state index is 0.119. The number of benzene rings is 1. The van der Waals surface area contributed by atoms with Gasteiger partial charge >= 0.3 is 5.97 Å². The number of ether oxygens (including phenoxy) is 2. The molecule has 10 nitrogen and oxygen atoms in total. The number of hydrogen-bond acceptors (Lipinski definition) is 7. The molecule has 0 spiro atoms. The highest BCUT2D eigenvalue weighted by Gasteiger charge is 2.29. The van der Waals surface area contributed by atoms with Gasteiger partial charge in [0.05, 0.1) is 19.6 Å². The zero-order valence-corrected chi connectivity index (χ0v) is 17.5. The molecular formula is C21H27N3O7. The molecule has 0 unspecified atom stereocenters. The molecule has 0 saturated carbocycles. The maximum absolute atomic E-state index is 12.0. The molecule has 1 aromatic carbocycles. The minimum atomic E-state index is -0.463. The third-order valence-corrected chi connectivity index (χ3v) is 4.37. The van der Waals surface area contributed by atoms with Crippen LogP contribution in [0.1, 0.15) is 31.7 Å². The van der Waals surface area contributed by atoms with E-state index in [4.69, 9.17) is 9.47 Å². The Bertz CT molecular complexity index is 808. The Labute approximate surface area is 180 Å². The fraction of sp³-hybridized carbons (Fsp3) is 0.476. The van der Waals surface area contributed by atoms with Gasteiger partial charge in [-0.1, -0.05) is 12.1 Å². The van der Waals surface area contributed by atoms with Crippen molar-refractivity contribution in [3.05, 3.63) is 29.8 Å². The molecular weight excluding hydrogens is 406 g/mol. The molecule has 2 N–H and O–H groups in total. The summed E-state index contributed by atoms with van der Waals surface area (Å²) in [6, 6.07) is 6.66. The lowest BCUT2D eigenvalue weighted by molar-refractivity contribution is -0.152. The van der Waals surface area contributed by atoms with E-state index in [1.54, 1.807) is 24.3 Å². The number of esters is 1. The highest BCUT2D eigenvalue weighted by Crippen LogP contribution is 2.14. The van der Waals surface area contributed by atoms with Crippen molar-refractivity contribution >= 4 is 35.3 Å². The number of amides is 4. The Morgan fingerprint density at radius 2 is 1.77 bits per heavy atom. The highest BCUT2D eigenvalue weighted by molar-refractivity contribution is 6.03. The van der Waals surface area contributed by atoms with Crippen LogP contribution in [0.15, 0.2) is 24.3 Å². The molecule has 0 aromatic heterocycles. The second-order valence-electron chi connectivity index (χ2n) is 6.94. The van der Waals surface area contributed by atoms with E-state index in [0.717, 1.165) is 5.56 Å². The van der Waals surface area contributed by atoms with Crippen molar-refractivity contribution in [1.82, 2.24) is 10.2 Å². The number of imide groups is 1. The molecule has 1 aliphatic rings. The number of carbonyl (C=O) groups is 5. The molecule has 1 saturated heterocycles. The van der Waals surface area contributed by atoms with Crippen LogP contribution in [0, 0.1) is 0 Å². The smallest absolute Gasteiger partial charge is 0.302 e. The fourth-order valence-electron chi connectivity index (χ4n) is 2.71. The van der Waals surface area contributed by atoms with E-state index in [9.17, 15) is 24.0 Å². The summed E-state index contributed by atoms with van der Waals surface area (Å²) >= 11 is 0. The van der Waals surface area contributed by atoms with Gasteiger partial charge < -0.3 is 20.1 Å². The van der Waals surface area contributed by atoms with Gasteiger partial charge in [0.2, 0.25) is 23.6 Å². The van der Waals surface area contributed by atoms with E-state index in [1.165, 1.54) is 11.8 Å². The Hall–Kier alpha value is -3.27. The molecule has 1 heterocycles. The predicted octanol–water partition coefficient (Wildman–Crippen LogP) is 0.403. The van der Waals surface area contributed by atoms with Crippen LogP contribution in [0.3, 0.4) is 0 Å². The number of rotatable bonds is 12. The molecule has 0 bridgehead atoms. The van der Waals surface area contributed by atoms with E-state index in [1.807, 2.05) is 0 Å². The fourth-order valence-corrected chi connectivity index (χ4v) is 2.71. The Balaban J connectivity index is 1.58. The third kappa shape index (κ3) is 8.95. The first-order chi connectivity index (χ1) is 14.8. The van der Waals surface area contributed by atoms with Gasteiger partial charge in [0.1, 0.15) is 6.42 Å². The maximum Gasteiger partial charge on any atom is 0.302 e. The summed E-state index contributed by atoms with van der Waals surface area (Å²) in [5.74, 6) is -1.62. The molecule has 168 valence electrons. The lowest BCUT2D eigenvalue weighted by Crippen LogP contribution is -2.48. The van der Waals surface area contributed by atoms with Gasteiger partial charge in [0.15, 0.2) is 0 Å². The van der Waals surface area contributed by atoms with Crippen LogP contribution < -0.4 is 10.6 Å². The van der Waals surface area contributed by atoms with Crippen molar-refractivity contribution in [2.45, 2.75) is 32.6 Å². The first-order valence-electron chi connectivity index (χ1n) is 10.0. The molecule has 10 heteroatoms. The lowest BCUT2D eigenvalue weighted by atomic mass is 10.1. The number of hydrogen-bond donors (Lipinski definition) is 2. The third-order valence-electron chi connectivity index (χ3n) is 4.37. The maximum atomic E-state index is 12.0. The van der Waals surface area contributed by atoms with Crippen LogP contribution >= 0.6 is 0 Å². The molecule has 1 aromatic rings. The van der Waals surface area contributed by atoms with Gasteiger partial charge in [-0.3, -0.25) is 28.9 Å². The average Bonchev–Trinajstić information content (AvgIpc) is 2.69. The SMILES string of the molecule is CC(=O)OCCCOCCNC(=O)CC(=O)Nc1ccc(CC(=O)N2CCC2=O)cc1. The van der Waals surface area contributed by atoms with Crippen molar-refractivity contribution < 1.29 is 33.4 Å². The Morgan fingerprint density at radius 1 is 1.03 bits per heavy atom. The van der Waals surface area contributed by atoms with Crippen molar-refractivity contribution in [3.63, 3.8) is 0 Å². The summed E-state index contributed by atoms with van der Waals surface area (Å²) in [5, 5.41) is 5.20. The lowest BCUT2D eigenvalue weighted by Gasteiger charge is -2.28. The van der Waals surface area contributed by atoms with E-state index < -0.39 is 11.8 Å². The van der Waals surface area contributed by atoms with Crippen LogP contribution in [0.5, 0.6) is 0 Å². The second-order valence-corrected chi connectivity index (χ2v) is 6.94. The molecule has 1 fully saturated rings. The molecule has 0 aliphatic carbocycles. The van der Waals surface area contributed by atoms with Gasteiger partial charge in [0, 0.05) is 45.1 Å². The van der Waals surface area contributed by atoms with Crippen molar-refractivity contribution in [3.8, 4) is 0 Å². The average molecular weight is 433 g/mol. The standard InChI is InChI=1S/C21H27N3O7/c1-15(25)31-11-2-10-30-12-8-22-18(26)14-19(27)23-17-5-3-16(4-6-17)13-21(29)24-9-7-20(24)28/h3-6H,2,7-14H2,1H3,(H,22,26)(H,23,27). The number of nitrogens with zero attached hydrogens (tertiary/aromatic N) is 1. The number of carbonyl (C=O) groups excluding carboxylic acids is 5. The van der Waals surface area contributed by atoms with Crippen molar-refractivity contribution in [1.29, 1.82) is 0 Å². The first-order valence-corrected chi connectivity index (χ1v) is 10.0. The second kappa shape index (κ2) is 12.4. The van der Waals surface area contributed by atoms with Gasteiger partial charge in [-0.2, -0.15) is 0 Å². The van der Waals surface area contributed by atoms with Gasteiger partial charge in [-0.25, -0.2) is 0 Å². The predicted molar refractivity (Wildman–Crippen MR) is 110 cm³/mol. The Morgan fingerprint density at radius 3 is 2.39 bits per heavy atom. The van der Waals surface area contributed by atoms with E-state index in [2.05, 4.69) is 10.6 Å². The molecule has 0 atom stereocenters. The summed E-state index contributed by atoms with van der Waals surface area (Å²) < 4.78 is 10.0. The van der Waals surface area contributed by atoms with Crippen LogP contribution in [-0.4, -0.2) is 67.4 Å². The number of β-lactam (4-membered cyclic amide) rings is 1. The minimum Gasteiger partial charge on any atom is -0.466 e. The van der Waals surface area contributed by atoms with Crippen LogP contribution in [-0.2, 0) is 39.9 Å². The number of likely N-dealkylation sites (tertiary alicyclic amines) is 1. The molecule has 1 aliphatic heterocycles. The van der Waals surface area contributed by atoms with E-state index >= 15 is 0 Å². The van der Waals surface area contributed by atoms with Crippen LogP contribution in [0.4, 0.5) is 5.69 Å². The topological polar surface area (TPSA) is 131 Å². The quantitative estimate of drug-likeness (QED) is 0.211. The van der Waals surface area contributed by atoms with E-state index in [-0.39, 0.29) is 50.4 Å². The van der Waals surface area contributed by atoms with Crippen molar-refractivity contribution in [2.75, 3.05) is 38.2 Å². The molecule has 4 amide bonds. The van der Waals surface area contributed by atoms with Gasteiger partial charge in [-0.15, -0.1) is 0 Å². The summed E-state index contributed by atoms with van der Waals surface area (Å²) in [5.41, 5.74) is 1.23. The number of anilines is 1. The van der Waals surface area contributed by atoms with E-state index in [0.29, 0.717) is 31.7 Å². The molecule has 2 rings (SSSR count). The summed E-state index contributed by atoms with van der Waals surface area (Å²) in [6.07, 6.45) is 0.770. The summed E-state index contributed by atoms with van der Waals surface area (Å²) in [6.45, 7) is 3.05. The van der Waals surface area contributed by atoms with Gasteiger partial charge in [-0.05, 0) is 17.7 Å². The number of nitrogens with one attached hydrogen (secondary N) is 2. The van der Waals surface area contributed by atoms with Crippen LogP contribution in [0.2, 0.25) is 0 Å². The van der Waals surface area contributed by atoms with Crippen molar-refractivity contribution in [2.24, 2.45) is 0 Å². The molecule has 31 heavy (non-hydrogen) atoms. The van der Waals surface area contributed by atoms with Crippen LogP contribution in [0.25, 0.3) is 0 Å². The summed E-state index contributed by atoms with van der Waals surface area (Å²) in [4.78, 5) is 58.8.